The van der Waals surface area contributed by atoms with E-state index >= 15 is 0 Å². The van der Waals surface area contributed by atoms with E-state index < -0.39 is 0 Å². The standard InChI is InChI=1S/C10H13N3O4S/c1-16-9(14)4-7-6-13(2-3-17-7)10(15)8-5-11-18-12-8/h5,7H,2-4,6H2,1H3. The average molecular weight is 271 g/mol. The molecule has 1 unspecified atom stereocenters. The van der Waals surface area contributed by atoms with Gasteiger partial charge in [0.2, 0.25) is 0 Å². The first-order valence-electron chi connectivity index (χ1n) is 5.46. The third-order valence-corrected chi connectivity index (χ3v) is 3.11. The number of methoxy groups -OCH3 is 1. The summed E-state index contributed by atoms with van der Waals surface area (Å²) in [6.07, 6.45) is 1.27. The molecule has 1 aromatic rings. The van der Waals surface area contributed by atoms with Crippen molar-refractivity contribution in [2.45, 2.75) is 12.5 Å². The van der Waals surface area contributed by atoms with Gasteiger partial charge in [0.1, 0.15) is 0 Å². The molecular formula is C10H13N3O4S. The molecule has 0 radical (unpaired) electrons. The van der Waals surface area contributed by atoms with Gasteiger partial charge in [0, 0.05) is 13.1 Å². The van der Waals surface area contributed by atoms with Crippen LogP contribution in [0, 0.1) is 0 Å². The number of morpholine rings is 1. The van der Waals surface area contributed by atoms with E-state index in [0.717, 1.165) is 11.7 Å². The zero-order valence-electron chi connectivity index (χ0n) is 9.87. The lowest BCUT2D eigenvalue weighted by molar-refractivity contribution is -0.145. The van der Waals surface area contributed by atoms with Crippen LogP contribution in [0.2, 0.25) is 0 Å². The van der Waals surface area contributed by atoms with Crippen molar-refractivity contribution in [3.05, 3.63) is 11.9 Å². The van der Waals surface area contributed by atoms with Crippen LogP contribution >= 0.6 is 11.7 Å². The van der Waals surface area contributed by atoms with Crippen molar-refractivity contribution < 1.29 is 19.1 Å². The average Bonchev–Trinajstić information content (AvgIpc) is 2.92. The van der Waals surface area contributed by atoms with Crippen molar-refractivity contribution in [2.75, 3.05) is 26.8 Å². The van der Waals surface area contributed by atoms with Gasteiger partial charge in [-0.25, -0.2) is 0 Å². The predicted octanol–water partition coefficient (Wildman–Crippen LogP) is -0.0578. The summed E-state index contributed by atoms with van der Waals surface area (Å²) in [7, 11) is 1.33. The molecule has 0 saturated carbocycles. The number of hydrogen-bond donors (Lipinski definition) is 0. The predicted molar refractivity (Wildman–Crippen MR) is 62.2 cm³/mol. The Kier molecular flexibility index (Phi) is 4.21. The van der Waals surface area contributed by atoms with Crippen LogP contribution in [0.15, 0.2) is 6.20 Å². The molecule has 1 atom stereocenters. The fourth-order valence-corrected chi connectivity index (χ4v) is 2.12. The first kappa shape index (κ1) is 12.9. The Morgan fingerprint density at radius 3 is 3.17 bits per heavy atom. The first-order chi connectivity index (χ1) is 8.70. The van der Waals surface area contributed by atoms with Crippen LogP contribution < -0.4 is 0 Å². The van der Waals surface area contributed by atoms with Crippen LogP contribution in [0.25, 0.3) is 0 Å². The van der Waals surface area contributed by atoms with Crippen molar-refractivity contribution in [3.63, 3.8) is 0 Å². The Balaban J connectivity index is 1.94. The molecule has 2 rings (SSSR count). The highest BCUT2D eigenvalue weighted by molar-refractivity contribution is 6.99. The lowest BCUT2D eigenvalue weighted by Crippen LogP contribution is -2.46. The Morgan fingerprint density at radius 2 is 2.50 bits per heavy atom. The number of aromatic nitrogens is 2. The Bertz CT molecular complexity index is 423. The number of carbonyl (C=O) groups excluding carboxylic acids is 2. The first-order valence-corrected chi connectivity index (χ1v) is 6.19. The third-order valence-electron chi connectivity index (χ3n) is 2.63. The molecule has 7 nitrogen and oxygen atoms in total. The monoisotopic (exact) mass is 271 g/mol. The lowest BCUT2D eigenvalue weighted by atomic mass is 10.2. The van der Waals surface area contributed by atoms with E-state index in [4.69, 9.17) is 4.74 Å². The van der Waals surface area contributed by atoms with E-state index in [9.17, 15) is 9.59 Å². The van der Waals surface area contributed by atoms with E-state index in [0.29, 0.717) is 25.4 Å². The largest absolute Gasteiger partial charge is 0.469 e. The number of nitrogens with zero attached hydrogens (tertiary/aromatic N) is 3. The molecular weight excluding hydrogens is 258 g/mol. The van der Waals surface area contributed by atoms with Crippen molar-refractivity contribution in [2.24, 2.45) is 0 Å². The maximum Gasteiger partial charge on any atom is 0.308 e. The topological polar surface area (TPSA) is 81.6 Å². The van der Waals surface area contributed by atoms with Gasteiger partial charge in [0.25, 0.3) is 5.91 Å². The van der Waals surface area contributed by atoms with Crippen molar-refractivity contribution in [3.8, 4) is 0 Å². The zero-order valence-corrected chi connectivity index (χ0v) is 10.7. The van der Waals surface area contributed by atoms with Crippen LogP contribution in [0.1, 0.15) is 16.9 Å². The van der Waals surface area contributed by atoms with E-state index in [1.807, 2.05) is 0 Å². The summed E-state index contributed by atoms with van der Waals surface area (Å²) in [6, 6.07) is 0. The molecule has 0 bridgehead atoms. The Labute approximate surface area is 108 Å². The molecule has 2 heterocycles. The molecule has 8 heteroatoms. The van der Waals surface area contributed by atoms with Crippen LogP contribution in [-0.2, 0) is 14.3 Å². The molecule has 1 saturated heterocycles. The van der Waals surface area contributed by atoms with Crippen LogP contribution in [0.4, 0.5) is 0 Å². The maximum atomic E-state index is 12.0. The molecule has 0 aliphatic carbocycles. The zero-order chi connectivity index (χ0) is 13.0. The second-order valence-corrected chi connectivity index (χ2v) is 4.37. The molecule has 1 fully saturated rings. The van der Waals surface area contributed by atoms with E-state index in [1.54, 1.807) is 4.90 Å². The van der Waals surface area contributed by atoms with E-state index in [1.165, 1.54) is 13.3 Å². The van der Waals surface area contributed by atoms with Gasteiger partial charge in [0.05, 0.1) is 44.2 Å². The Morgan fingerprint density at radius 1 is 1.67 bits per heavy atom. The number of amides is 1. The maximum absolute atomic E-state index is 12.0. The summed E-state index contributed by atoms with van der Waals surface area (Å²) < 4.78 is 17.7. The van der Waals surface area contributed by atoms with Gasteiger partial charge in [-0.1, -0.05) is 0 Å². The normalized spacial score (nSPS) is 19.6. The van der Waals surface area contributed by atoms with Gasteiger partial charge in [-0.05, 0) is 0 Å². The number of esters is 1. The van der Waals surface area contributed by atoms with E-state index in [-0.39, 0.29) is 24.4 Å². The molecule has 1 aliphatic rings. The van der Waals surface area contributed by atoms with Gasteiger partial charge in [-0.2, -0.15) is 8.75 Å². The van der Waals surface area contributed by atoms with Crippen LogP contribution in [0.5, 0.6) is 0 Å². The van der Waals surface area contributed by atoms with Gasteiger partial charge < -0.3 is 14.4 Å². The Hall–Kier alpha value is -1.54. The highest BCUT2D eigenvalue weighted by Gasteiger charge is 2.27. The molecule has 0 aromatic carbocycles. The van der Waals surface area contributed by atoms with Gasteiger partial charge in [-0.15, -0.1) is 0 Å². The quantitative estimate of drug-likeness (QED) is 0.716. The smallest absolute Gasteiger partial charge is 0.308 e. The minimum atomic E-state index is -0.343. The number of carbonyl (C=O) groups is 2. The fourth-order valence-electron chi connectivity index (χ4n) is 1.72. The van der Waals surface area contributed by atoms with Crippen molar-refractivity contribution >= 4 is 23.6 Å². The van der Waals surface area contributed by atoms with Crippen LogP contribution in [-0.4, -0.2) is 58.4 Å². The molecule has 1 amide bonds. The molecule has 98 valence electrons. The van der Waals surface area contributed by atoms with E-state index in [2.05, 4.69) is 13.5 Å². The lowest BCUT2D eigenvalue weighted by Gasteiger charge is -2.31. The van der Waals surface area contributed by atoms with Gasteiger partial charge in [0.15, 0.2) is 5.69 Å². The van der Waals surface area contributed by atoms with Crippen molar-refractivity contribution in [1.82, 2.24) is 13.6 Å². The summed E-state index contributed by atoms with van der Waals surface area (Å²) >= 11 is 0.994. The number of hydrogen-bond acceptors (Lipinski definition) is 7. The van der Waals surface area contributed by atoms with Crippen LogP contribution in [0.3, 0.4) is 0 Å². The molecule has 0 N–H and O–H groups in total. The number of ether oxygens (including phenoxy) is 2. The molecule has 0 spiro atoms. The SMILES string of the molecule is COC(=O)CC1CN(C(=O)c2cnsn2)CCO1. The summed E-state index contributed by atoms with van der Waals surface area (Å²) in [5.74, 6) is -0.522. The second-order valence-electron chi connectivity index (χ2n) is 3.82. The highest BCUT2D eigenvalue weighted by Crippen LogP contribution is 2.12. The minimum absolute atomic E-state index is 0.148. The van der Waals surface area contributed by atoms with Gasteiger partial charge in [-0.3, -0.25) is 9.59 Å². The highest BCUT2D eigenvalue weighted by atomic mass is 32.1. The molecule has 1 aromatic heterocycles. The van der Waals surface area contributed by atoms with Crippen molar-refractivity contribution in [1.29, 1.82) is 0 Å². The van der Waals surface area contributed by atoms with Gasteiger partial charge >= 0.3 is 5.97 Å². The molecule has 1 aliphatic heterocycles. The molecule has 18 heavy (non-hydrogen) atoms. The fraction of sp³-hybridized carbons (Fsp3) is 0.600. The number of rotatable bonds is 3. The summed E-state index contributed by atoms with van der Waals surface area (Å²) in [6.45, 7) is 1.27. The minimum Gasteiger partial charge on any atom is -0.469 e. The third kappa shape index (κ3) is 3.02. The second kappa shape index (κ2) is 5.87. The summed E-state index contributed by atoms with van der Waals surface area (Å²) in [4.78, 5) is 24.8. The summed E-state index contributed by atoms with van der Waals surface area (Å²) in [5, 5.41) is 0. The summed E-state index contributed by atoms with van der Waals surface area (Å²) in [5.41, 5.74) is 0.332.